The molecule has 0 saturated heterocycles. The number of benzene rings is 1. The smallest absolute Gasteiger partial charge is 0.340 e. The highest BCUT2D eigenvalue weighted by atomic mass is 35.5. The van der Waals surface area contributed by atoms with Gasteiger partial charge in [-0.2, -0.15) is 15.0 Å². The number of halogens is 1. The van der Waals surface area contributed by atoms with E-state index in [1.54, 1.807) is 12.1 Å². The quantitative estimate of drug-likeness (QED) is 0.552. The Morgan fingerprint density at radius 1 is 1.15 bits per heavy atom. The average Bonchev–Trinajstić information content (AvgIpc) is 2.38. The Morgan fingerprint density at radius 3 is 2.45 bits per heavy atom. The van der Waals surface area contributed by atoms with Crippen LogP contribution in [0.2, 0.25) is 5.02 Å². The van der Waals surface area contributed by atoms with Gasteiger partial charge >= 0.3 is 5.97 Å². The van der Waals surface area contributed by atoms with E-state index in [0.29, 0.717) is 0 Å². The predicted molar refractivity (Wildman–Crippen MR) is 73.6 cm³/mol. The Morgan fingerprint density at radius 2 is 1.80 bits per heavy atom. The largest absolute Gasteiger partial charge is 0.454 e. The lowest BCUT2D eigenvalue weighted by atomic mass is 10.2. The molecule has 0 fully saturated rings. The Bertz CT molecular complexity index is 643. The summed E-state index contributed by atoms with van der Waals surface area (Å²) in [6, 6.07) is 4.66. The van der Waals surface area contributed by atoms with Crippen molar-refractivity contribution in [1.82, 2.24) is 15.0 Å². The molecule has 0 atom stereocenters. The number of hydrogen-bond donors (Lipinski definition) is 3. The fourth-order valence-corrected chi connectivity index (χ4v) is 1.62. The minimum Gasteiger partial charge on any atom is -0.454 e. The first kappa shape index (κ1) is 13.8. The van der Waals surface area contributed by atoms with E-state index in [2.05, 4.69) is 15.0 Å². The van der Waals surface area contributed by atoms with Crippen molar-refractivity contribution in [3.05, 3.63) is 34.6 Å². The van der Waals surface area contributed by atoms with Gasteiger partial charge in [-0.15, -0.1) is 0 Å². The van der Waals surface area contributed by atoms with Crippen LogP contribution >= 0.6 is 11.6 Å². The zero-order valence-electron chi connectivity index (χ0n) is 10.2. The molecule has 0 bridgehead atoms. The molecule has 0 saturated carbocycles. The van der Waals surface area contributed by atoms with Crippen molar-refractivity contribution in [2.45, 2.75) is 6.61 Å². The van der Waals surface area contributed by atoms with Gasteiger partial charge in [-0.1, -0.05) is 17.7 Å². The van der Waals surface area contributed by atoms with Crippen LogP contribution in [0.1, 0.15) is 16.2 Å². The average molecular weight is 295 g/mol. The Hall–Kier alpha value is -2.61. The summed E-state index contributed by atoms with van der Waals surface area (Å²) in [5.41, 5.74) is 16.8. The first-order chi connectivity index (χ1) is 9.47. The number of esters is 1. The van der Waals surface area contributed by atoms with E-state index < -0.39 is 5.97 Å². The molecule has 9 heteroatoms. The first-order valence-corrected chi connectivity index (χ1v) is 5.82. The first-order valence-electron chi connectivity index (χ1n) is 5.44. The molecular weight excluding hydrogens is 284 g/mol. The van der Waals surface area contributed by atoms with E-state index >= 15 is 0 Å². The van der Waals surface area contributed by atoms with Crippen molar-refractivity contribution in [2.75, 3.05) is 17.2 Å². The molecule has 1 heterocycles. The molecule has 8 nitrogen and oxygen atoms in total. The van der Waals surface area contributed by atoms with Gasteiger partial charge in [0.15, 0.2) is 12.4 Å². The molecule has 0 spiro atoms. The van der Waals surface area contributed by atoms with E-state index in [1.807, 2.05) is 0 Å². The molecule has 1 aromatic carbocycles. The van der Waals surface area contributed by atoms with Crippen LogP contribution in [0.15, 0.2) is 18.2 Å². The maximum absolute atomic E-state index is 11.9. The third kappa shape index (κ3) is 3.04. The summed E-state index contributed by atoms with van der Waals surface area (Å²) in [5.74, 6) is -0.608. The summed E-state index contributed by atoms with van der Waals surface area (Å²) in [4.78, 5) is 23.0. The lowest BCUT2D eigenvalue weighted by Gasteiger charge is -2.07. The van der Waals surface area contributed by atoms with Gasteiger partial charge in [0.1, 0.15) is 0 Å². The molecule has 2 rings (SSSR count). The molecule has 0 aliphatic carbocycles. The van der Waals surface area contributed by atoms with Crippen molar-refractivity contribution in [2.24, 2.45) is 0 Å². The second-order valence-electron chi connectivity index (χ2n) is 3.75. The number of aromatic nitrogens is 3. The van der Waals surface area contributed by atoms with Crippen LogP contribution in [0.25, 0.3) is 0 Å². The lowest BCUT2D eigenvalue weighted by molar-refractivity contribution is 0.0463. The highest BCUT2D eigenvalue weighted by Crippen LogP contribution is 2.23. The van der Waals surface area contributed by atoms with E-state index in [0.717, 1.165) is 0 Å². The fourth-order valence-electron chi connectivity index (χ4n) is 1.44. The second-order valence-corrected chi connectivity index (χ2v) is 4.15. The van der Waals surface area contributed by atoms with Crippen LogP contribution in [0, 0.1) is 0 Å². The Balaban J connectivity index is 2.10. The van der Waals surface area contributed by atoms with Crippen LogP contribution in [-0.2, 0) is 11.3 Å². The molecule has 0 unspecified atom stereocenters. The van der Waals surface area contributed by atoms with Gasteiger partial charge in [0.2, 0.25) is 11.9 Å². The van der Waals surface area contributed by atoms with Crippen molar-refractivity contribution >= 4 is 35.2 Å². The van der Waals surface area contributed by atoms with E-state index in [9.17, 15) is 4.79 Å². The predicted octanol–water partition coefficient (Wildman–Crippen LogP) is 0.629. The summed E-state index contributed by atoms with van der Waals surface area (Å²) >= 11 is 5.82. The molecule has 2 aromatic rings. The molecule has 0 radical (unpaired) electrons. The van der Waals surface area contributed by atoms with E-state index in [4.69, 9.17) is 33.5 Å². The van der Waals surface area contributed by atoms with Crippen molar-refractivity contribution in [3.8, 4) is 0 Å². The van der Waals surface area contributed by atoms with Gasteiger partial charge < -0.3 is 21.9 Å². The second kappa shape index (κ2) is 5.57. The van der Waals surface area contributed by atoms with E-state index in [-0.39, 0.29) is 40.6 Å². The zero-order valence-corrected chi connectivity index (χ0v) is 11.0. The van der Waals surface area contributed by atoms with Crippen molar-refractivity contribution in [3.63, 3.8) is 0 Å². The van der Waals surface area contributed by atoms with Crippen molar-refractivity contribution in [1.29, 1.82) is 0 Å². The maximum atomic E-state index is 11.9. The number of nitrogens with zero attached hydrogens (tertiary/aromatic N) is 3. The topological polar surface area (TPSA) is 143 Å². The monoisotopic (exact) mass is 294 g/mol. The van der Waals surface area contributed by atoms with Gasteiger partial charge in [-0.25, -0.2) is 4.79 Å². The van der Waals surface area contributed by atoms with Gasteiger partial charge in [-0.05, 0) is 12.1 Å². The molecule has 0 amide bonds. The highest BCUT2D eigenvalue weighted by molar-refractivity contribution is 6.33. The SMILES string of the molecule is Nc1nc(N)nc(COC(=O)c2cccc(Cl)c2N)n1. The summed E-state index contributed by atoms with van der Waals surface area (Å²) in [7, 11) is 0. The molecule has 20 heavy (non-hydrogen) atoms. The lowest BCUT2D eigenvalue weighted by Crippen LogP contribution is -2.12. The number of anilines is 3. The summed E-state index contributed by atoms with van der Waals surface area (Å²) in [5, 5.41) is 0.271. The number of carbonyl (C=O) groups is 1. The molecule has 6 N–H and O–H groups in total. The number of rotatable bonds is 3. The van der Waals surface area contributed by atoms with Gasteiger partial charge in [-0.3, -0.25) is 0 Å². The molecule has 0 aliphatic rings. The third-order valence-electron chi connectivity index (χ3n) is 2.32. The van der Waals surface area contributed by atoms with Gasteiger partial charge in [0.25, 0.3) is 0 Å². The Kier molecular flexibility index (Phi) is 3.85. The minimum atomic E-state index is -0.650. The summed E-state index contributed by atoms with van der Waals surface area (Å²) in [6.07, 6.45) is 0. The van der Waals surface area contributed by atoms with Gasteiger partial charge in [0.05, 0.1) is 16.3 Å². The molecule has 0 aliphatic heterocycles. The fraction of sp³-hybridized carbons (Fsp3) is 0.0909. The van der Waals surface area contributed by atoms with Crippen LogP contribution in [-0.4, -0.2) is 20.9 Å². The third-order valence-corrected chi connectivity index (χ3v) is 2.65. The number of carbonyl (C=O) groups excluding carboxylic acids is 1. The van der Waals surface area contributed by atoms with Crippen LogP contribution in [0.4, 0.5) is 17.6 Å². The number of nitrogens with two attached hydrogens (primary N) is 3. The van der Waals surface area contributed by atoms with Crippen molar-refractivity contribution < 1.29 is 9.53 Å². The molecular formula is C11H11ClN6O2. The van der Waals surface area contributed by atoms with Crippen LogP contribution in [0.3, 0.4) is 0 Å². The zero-order chi connectivity index (χ0) is 14.7. The van der Waals surface area contributed by atoms with Crippen LogP contribution in [0.5, 0.6) is 0 Å². The number of nitrogen functional groups attached to an aromatic ring is 3. The number of hydrogen-bond acceptors (Lipinski definition) is 8. The maximum Gasteiger partial charge on any atom is 0.340 e. The highest BCUT2D eigenvalue weighted by Gasteiger charge is 2.14. The van der Waals surface area contributed by atoms with Gasteiger partial charge in [0, 0.05) is 0 Å². The van der Waals surface area contributed by atoms with E-state index in [1.165, 1.54) is 6.07 Å². The normalized spacial score (nSPS) is 10.2. The standard InChI is InChI=1S/C11H11ClN6O2/c12-6-3-1-2-5(8(6)13)9(19)20-4-7-16-10(14)18-11(15)17-7/h1-3H,4,13H2,(H4,14,15,16,17,18). The Labute approximate surface area is 118 Å². The van der Waals surface area contributed by atoms with Crippen LogP contribution < -0.4 is 17.2 Å². The summed E-state index contributed by atoms with van der Waals surface area (Å²) in [6.45, 7) is -0.207. The minimum absolute atomic E-state index is 0.0502. The molecule has 1 aromatic heterocycles. The summed E-state index contributed by atoms with van der Waals surface area (Å²) < 4.78 is 5.02. The molecule has 104 valence electrons. The number of para-hydroxylation sites is 1. The number of ether oxygens (including phenoxy) is 1.